The second kappa shape index (κ2) is 9.53. The van der Waals surface area contributed by atoms with Crippen LogP contribution in [0.3, 0.4) is 0 Å². The van der Waals surface area contributed by atoms with Gasteiger partial charge >= 0.3 is 0 Å². The molecule has 0 N–H and O–H groups in total. The smallest absolute Gasteiger partial charge is 0.0432 e. The van der Waals surface area contributed by atoms with Gasteiger partial charge in [-0.05, 0) is 62.1 Å². The summed E-state index contributed by atoms with van der Waals surface area (Å²) in [6.45, 7) is 7.54. The van der Waals surface area contributed by atoms with E-state index in [1.165, 1.54) is 82.5 Å². The van der Waals surface area contributed by atoms with Gasteiger partial charge in [0.1, 0.15) is 0 Å². The molecule has 0 atom stereocenters. The van der Waals surface area contributed by atoms with Gasteiger partial charge in [0.25, 0.3) is 0 Å². The normalized spacial score (nSPS) is 25.9. The van der Waals surface area contributed by atoms with Gasteiger partial charge in [-0.3, -0.25) is 4.90 Å². The lowest BCUT2D eigenvalue weighted by atomic mass is 9.88. The lowest BCUT2D eigenvalue weighted by Crippen LogP contribution is -2.52. The van der Waals surface area contributed by atoms with Crippen molar-refractivity contribution in [2.75, 3.05) is 37.6 Å². The molecule has 1 heterocycles. The lowest BCUT2D eigenvalue weighted by molar-refractivity contribution is 0.0737. The van der Waals surface area contributed by atoms with Gasteiger partial charge < -0.3 is 9.80 Å². The van der Waals surface area contributed by atoms with Gasteiger partial charge in [0, 0.05) is 57.0 Å². The van der Waals surface area contributed by atoms with Gasteiger partial charge in [-0.25, -0.2) is 0 Å². The molecule has 1 saturated heterocycles. The zero-order chi connectivity index (χ0) is 20.2. The van der Waals surface area contributed by atoms with Crippen molar-refractivity contribution in [3.63, 3.8) is 0 Å². The minimum Gasteiger partial charge on any atom is -0.364 e. The molecule has 0 unspecified atom stereocenters. The topological polar surface area (TPSA) is 9.72 Å². The molecular formula is C27H37N3. The second-order valence-electron chi connectivity index (χ2n) is 9.69. The summed E-state index contributed by atoms with van der Waals surface area (Å²) >= 11 is 0. The minimum absolute atomic E-state index is 0.653. The molecule has 160 valence electrons. The van der Waals surface area contributed by atoms with Crippen LogP contribution in [0.15, 0.2) is 60.7 Å². The van der Waals surface area contributed by atoms with Crippen molar-refractivity contribution >= 4 is 5.69 Å². The molecule has 3 nitrogen and oxygen atoms in total. The molecule has 0 spiro atoms. The van der Waals surface area contributed by atoms with E-state index in [1.807, 2.05) is 0 Å². The molecule has 2 aromatic rings. The Morgan fingerprint density at radius 3 is 1.97 bits per heavy atom. The third kappa shape index (κ3) is 5.07. The quantitative estimate of drug-likeness (QED) is 0.642. The van der Waals surface area contributed by atoms with E-state index in [0.717, 1.165) is 18.5 Å². The number of hydrogen-bond acceptors (Lipinski definition) is 3. The predicted octanol–water partition coefficient (Wildman–Crippen LogP) is 5.03. The average Bonchev–Trinajstić information content (AvgIpc) is 3.64. The highest BCUT2D eigenvalue weighted by molar-refractivity contribution is 5.48. The Balaban J connectivity index is 1.18. The van der Waals surface area contributed by atoms with Gasteiger partial charge in [-0.15, -0.1) is 0 Å². The molecule has 0 bridgehead atoms. The van der Waals surface area contributed by atoms with Gasteiger partial charge in [-0.1, -0.05) is 48.5 Å². The fraction of sp³-hybridized carbons (Fsp3) is 0.556. The van der Waals surface area contributed by atoms with Crippen LogP contribution in [-0.4, -0.2) is 54.6 Å². The molecule has 30 heavy (non-hydrogen) atoms. The Bertz CT molecular complexity index is 757. The van der Waals surface area contributed by atoms with E-state index < -0.39 is 0 Å². The molecular weight excluding hydrogens is 366 g/mol. The summed E-state index contributed by atoms with van der Waals surface area (Å²) in [7, 11) is 0. The van der Waals surface area contributed by atoms with Crippen molar-refractivity contribution in [3.8, 4) is 0 Å². The van der Waals surface area contributed by atoms with Crippen LogP contribution < -0.4 is 4.90 Å². The van der Waals surface area contributed by atoms with Crippen LogP contribution in [0.2, 0.25) is 0 Å². The first kappa shape index (κ1) is 20.1. The minimum atomic E-state index is 0.653. The maximum atomic E-state index is 2.81. The van der Waals surface area contributed by atoms with E-state index in [4.69, 9.17) is 0 Å². The molecule has 0 radical (unpaired) electrons. The third-order valence-corrected chi connectivity index (χ3v) is 7.53. The van der Waals surface area contributed by atoms with Crippen molar-refractivity contribution in [1.29, 1.82) is 0 Å². The molecule has 3 fully saturated rings. The Kier molecular flexibility index (Phi) is 6.38. The average molecular weight is 404 g/mol. The number of nitrogens with zero attached hydrogens (tertiary/aromatic N) is 3. The van der Waals surface area contributed by atoms with Crippen molar-refractivity contribution in [2.45, 2.75) is 57.2 Å². The molecule has 3 heteroatoms. The van der Waals surface area contributed by atoms with E-state index in [-0.39, 0.29) is 0 Å². The lowest BCUT2D eigenvalue weighted by Gasteiger charge is -2.44. The Hall–Kier alpha value is -1.84. The van der Waals surface area contributed by atoms with E-state index >= 15 is 0 Å². The number of rotatable bonds is 7. The highest BCUT2D eigenvalue weighted by atomic mass is 15.3. The van der Waals surface area contributed by atoms with Crippen molar-refractivity contribution < 1.29 is 0 Å². The van der Waals surface area contributed by atoms with Crippen LogP contribution in [0.4, 0.5) is 5.69 Å². The number of hydrogen-bond donors (Lipinski definition) is 0. The summed E-state index contributed by atoms with van der Waals surface area (Å²) in [5.41, 5.74) is 2.79. The SMILES string of the molecule is c1ccc(CN(c2ccccc2)[C@H]2CC[C@@H](N3CCN(CC4CC4)CC3)CC2)cc1. The fourth-order valence-corrected chi connectivity index (χ4v) is 5.54. The number of anilines is 1. The standard InChI is InChI=1S/C27H37N3/c1-3-7-23(8-4-1)22-30(26-9-5-2-6-10-26)27-15-13-25(14-16-27)29-19-17-28(18-20-29)21-24-11-12-24/h1-10,24-25,27H,11-22H2/t25-,27+. The summed E-state index contributed by atoms with van der Waals surface area (Å²) in [4.78, 5) is 8.19. The summed E-state index contributed by atoms with van der Waals surface area (Å²) in [6, 6.07) is 23.5. The molecule has 0 amide bonds. The second-order valence-corrected chi connectivity index (χ2v) is 9.69. The molecule has 2 aromatic carbocycles. The molecule has 0 aromatic heterocycles. The molecule has 5 rings (SSSR count). The summed E-state index contributed by atoms with van der Waals surface area (Å²) in [5.74, 6) is 1.03. The van der Waals surface area contributed by atoms with Crippen LogP contribution in [0.25, 0.3) is 0 Å². The zero-order valence-electron chi connectivity index (χ0n) is 18.3. The molecule has 1 aliphatic heterocycles. The van der Waals surface area contributed by atoms with E-state index in [9.17, 15) is 0 Å². The van der Waals surface area contributed by atoms with Gasteiger partial charge in [0.2, 0.25) is 0 Å². The first-order valence-electron chi connectivity index (χ1n) is 12.2. The van der Waals surface area contributed by atoms with Crippen molar-refractivity contribution in [3.05, 3.63) is 66.2 Å². The van der Waals surface area contributed by atoms with Crippen molar-refractivity contribution in [1.82, 2.24) is 9.80 Å². The number of benzene rings is 2. The van der Waals surface area contributed by atoms with Crippen molar-refractivity contribution in [2.24, 2.45) is 5.92 Å². The Labute approximate surface area is 182 Å². The summed E-state index contributed by atoms with van der Waals surface area (Å²) in [5, 5.41) is 0. The summed E-state index contributed by atoms with van der Waals surface area (Å²) in [6.07, 6.45) is 8.29. The monoisotopic (exact) mass is 403 g/mol. The van der Waals surface area contributed by atoms with E-state index in [2.05, 4.69) is 75.4 Å². The summed E-state index contributed by atoms with van der Waals surface area (Å²) < 4.78 is 0. The largest absolute Gasteiger partial charge is 0.364 e. The van der Waals surface area contributed by atoms with Crippen LogP contribution in [0, 0.1) is 5.92 Å². The first-order chi connectivity index (χ1) is 14.8. The van der Waals surface area contributed by atoms with Gasteiger partial charge in [0.15, 0.2) is 0 Å². The molecule has 2 saturated carbocycles. The van der Waals surface area contributed by atoms with Crippen LogP contribution in [-0.2, 0) is 6.54 Å². The van der Waals surface area contributed by atoms with Gasteiger partial charge in [0.05, 0.1) is 0 Å². The molecule has 3 aliphatic rings. The van der Waals surface area contributed by atoms with E-state index in [1.54, 1.807) is 0 Å². The predicted molar refractivity (Wildman–Crippen MR) is 126 cm³/mol. The number of para-hydroxylation sites is 1. The third-order valence-electron chi connectivity index (χ3n) is 7.53. The van der Waals surface area contributed by atoms with Crippen LogP contribution >= 0.6 is 0 Å². The Morgan fingerprint density at radius 2 is 1.33 bits per heavy atom. The Morgan fingerprint density at radius 1 is 0.700 bits per heavy atom. The van der Waals surface area contributed by atoms with Crippen LogP contribution in [0.5, 0.6) is 0 Å². The highest BCUT2D eigenvalue weighted by Crippen LogP contribution is 2.33. The highest BCUT2D eigenvalue weighted by Gasteiger charge is 2.32. The fourth-order valence-electron chi connectivity index (χ4n) is 5.54. The number of piperazine rings is 1. The van der Waals surface area contributed by atoms with Crippen LogP contribution in [0.1, 0.15) is 44.1 Å². The first-order valence-corrected chi connectivity index (χ1v) is 12.2. The molecule has 2 aliphatic carbocycles. The van der Waals surface area contributed by atoms with Gasteiger partial charge in [-0.2, -0.15) is 0 Å². The maximum absolute atomic E-state index is 2.81. The zero-order valence-corrected chi connectivity index (χ0v) is 18.3. The van der Waals surface area contributed by atoms with E-state index in [0.29, 0.717) is 6.04 Å². The maximum Gasteiger partial charge on any atom is 0.0432 e.